The molecule has 3 heterocycles. The van der Waals surface area contributed by atoms with E-state index in [0.29, 0.717) is 37.6 Å². The Kier molecular flexibility index (Phi) is 8.15. The van der Waals surface area contributed by atoms with Crippen LogP contribution < -0.4 is 4.74 Å². The summed E-state index contributed by atoms with van der Waals surface area (Å²) in [7, 11) is 1.64. The first-order valence-electron chi connectivity index (χ1n) is 11.0. The first-order valence-corrected chi connectivity index (χ1v) is 12.8. The lowest BCUT2D eigenvalue weighted by Crippen LogP contribution is -2.48. The lowest BCUT2D eigenvalue weighted by atomic mass is 10.0. The van der Waals surface area contributed by atoms with E-state index >= 15 is 0 Å². The van der Waals surface area contributed by atoms with Gasteiger partial charge in [-0.05, 0) is 53.4 Å². The van der Waals surface area contributed by atoms with Crippen LogP contribution in [0.25, 0.3) is 0 Å². The van der Waals surface area contributed by atoms with Crippen molar-refractivity contribution >= 4 is 34.5 Å². The number of ether oxygens (including phenoxy) is 2. The quantitative estimate of drug-likeness (QED) is 0.398. The Balaban J connectivity index is 1.50. The third-order valence-corrected chi connectivity index (χ3v) is 7.54. The Bertz CT molecular complexity index is 1040. The average molecular weight is 485 g/mol. The summed E-state index contributed by atoms with van der Waals surface area (Å²) in [5.41, 5.74) is 1.14. The number of nitrogens with zero attached hydrogens (tertiary/aromatic N) is 2. The Morgan fingerprint density at radius 1 is 1.09 bits per heavy atom. The molecule has 1 aromatic carbocycles. The number of rotatable bonds is 10. The maximum Gasteiger partial charge on any atom is 0.264 e. The van der Waals surface area contributed by atoms with Crippen molar-refractivity contribution in [2.24, 2.45) is 0 Å². The van der Waals surface area contributed by atoms with Crippen molar-refractivity contribution < 1.29 is 19.1 Å². The van der Waals surface area contributed by atoms with Gasteiger partial charge < -0.3 is 19.3 Å². The summed E-state index contributed by atoms with van der Waals surface area (Å²) in [5, 5.41) is 3.95. The van der Waals surface area contributed by atoms with Gasteiger partial charge in [-0.2, -0.15) is 0 Å². The number of para-hydroxylation sites is 1. The Morgan fingerprint density at radius 2 is 1.94 bits per heavy atom. The van der Waals surface area contributed by atoms with Crippen LogP contribution in [0.2, 0.25) is 0 Å². The van der Waals surface area contributed by atoms with Gasteiger partial charge in [0.25, 0.3) is 5.91 Å². The van der Waals surface area contributed by atoms with E-state index in [-0.39, 0.29) is 24.4 Å². The number of amides is 2. The molecule has 3 aromatic rings. The van der Waals surface area contributed by atoms with Gasteiger partial charge in [-0.3, -0.25) is 9.59 Å². The van der Waals surface area contributed by atoms with Crippen LogP contribution in [-0.4, -0.2) is 61.6 Å². The van der Waals surface area contributed by atoms with Gasteiger partial charge in [0.1, 0.15) is 18.9 Å². The fraction of sp³-hybridized carbons (Fsp3) is 0.360. The molecule has 0 aliphatic carbocycles. The van der Waals surface area contributed by atoms with E-state index in [9.17, 15) is 9.59 Å². The third kappa shape index (κ3) is 5.82. The second kappa shape index (κ2) is 11.4. The van der Waals surface area contributed by atoms with E-state index in [1.807, 2.05) is 46.7 Å². The van der Waals surface area contributed by atoms with E-state index in [1.165, 1.54) is 16.2 Å². The molecule has 6 nitrogen and oxygen atoms in total. The molecule has 174 valence electrons. The zero-order valence-electron chi connectivity index (χ0n) is 18.6. The van der Waals surface area contributed by atoms with Gasteiger partial charge >= 0.3 is 0 Å². The molecule has 0 spiro atoms. The van der Waals surface area contributed by atoms with Crippen LogP contribution in [-0.2, 0) is 16.0 Å². The number of fused-ring (bicyclic) bond motifs is 1. The fourth-order valence-electron chi connectivity index (χ4n) is 4.03. The Hall–Kier alpha value is -2.68. The number of hydrogen-bond donors (Lipinski definition) is 0. The van der Waals surface area contributed by atoms with Crippen LogP contribution in [0.5, 0.6) is 5.75 Å². The molecule has 0 N–H and O–H groups in total. The van der Waals surface area contributed by atoms with E-state index in [1.54, 1.807) is 29.4 Å². The van der Waals surface area contributed by atoms with E-state index in [2.05, 4.69) is 11.4 Å². The summed E-state index contributed by atoms with van der Waals surface area (Å²) in [6.07, 6.45) is 1.50. The highest BCUT2D eigenvalue weighted by Gasteiger charge is 2.33. The third-order valence-electron chi connectivity index (χ3n) is 5.69. The van der Waals surface area contributed by atoms with Crippen LogP contribution >= 0.6 is 22.7 Å². The number of methoxy groups -OCH3 is 1. The molecule has 2 aromatic heterocycles. The summed E-state index contributed by atoms with van der Waals surface area (Å²) in [4.78, 5) is 32.1. The molecule has 33 heavy (non-hydrogen) atoms. The molecule has 0 saturated heterocycles. The van der Waals surface area contributed by atoms with Crippen molar-refractivity contribution in [1.29, 1.82) is 0 Å². The molecule has 0 fully saturated rings. The summed E-state index contributed by atoms with van der Waals surface area (Å²) in [6, 6.07) is 15.2. The standard InChI is InChI=1S/C25H28N2O4S2/c1-30-14-6-12-26(25(29)23-9-5-15-32-23)17-24(28)27-13-10-22-20(11-16-33-22)21(27)18-31-19-7-3-2-4-8-19/h2-5,7-9,11,15-16,21H,6,10,12-14,17-18H2,1H3/t21-/m0/s1. The van der Waals surface area contributed by atoms with E-state index in [0.717, 1.165) is 17.7 Å². The monoisotopic (exact) mass is 484 g/mol. The summed E-state index contributed by atoms with van der Waals surface area (Å²) in [6.45, 7) is 2.05. The van der Waals surface area contributed by atoms with Crippen LogP contribution in [0.3, 0.4) is 0 Å². The van der Waals surface area contributed by atoms with Gasteiger partial charge in [0.15, 0.2) is 0 Å². The van der Waals surface area contributed by atoms with Crippen LogP contribution in [0.1, 0.15) is 32.6 Å². The predicted octanol–water partition coefficient (Wildman–Crippen LogP) is 4.49. The molecule has 1 aliphatic rings. The molecule has 0 saturated carbocycles. The minimum atomic E-state index is -0.176. The van der Waals surface area contributed by atoms with Crippen molar-refractivity contribution in [3.63, 3.8) is 0 Å². The summed E-state index contributed by atoms with van der Waals surface area (Å²) >= 11 is 3.12. The highest BCUT2D eigenvalue weighted by molar-refractivity contribution is 7.12. The molecule has 1 aliphatic heterocycles. The first-order chi connectivity index (χ1) is 16.2. The van der Waals surface area contributed by atoms with Crippen molar-refractivity contribution in [2.45, 2.75) is 18.9 Å². The van der Waals surface area contributed by atoms with Crippen LogP contribution in [0, 0.1) is 0 Å². The number of carbonyl (C=O) groups excluding carboxylic acids is 2. The van der Waals surface area contributed by atoms with Crippen LogP contribution in [0.15, 0.2) is 59.3 Å². The number of hydrogen-bond acceptors (Lipinski definition) is 6. The summed E-state index contributed by atoms with van der Waals surface area (Å²) in [5.74, 6) is 0.608. The summed E-state index contributed by atoms with van der Waals surface area (Å²) < 4.78 is 11.2. The zero-order chi connectivity index (χ0) is 23.0. The molecule has 8 heteroatoms. The molecule has 2 amide bonds. The highest BCUT2D eigenvalue weighted by atomic mass is 32.1. The molecule has 1 atom stereocenters. The molecular weight excluding hydrogens is 456 g/mol. The maximum absolute atomic E-state index is 13.5. The zero-order valence-corrected chi connectivity index (χ0v) is 20.3. The van der Waals surface area contributed by atoms with Gasteiger partial charge in [0, 0.05) is 31.7 Å². The first kappa shape index (κ1) is 23.5. The van der Waals surface area contributed by atoms with Crippen LogP contribution in [0.4, 0.5) is 0 Å². The maximum atomic E-state index is 13.5. The topological polar surface area (TPSA) is 59.1 Å². The minimum absolute atomic E-state index is 0.0434. The van der Waals surface area contributed by atoms with Crippen molar-refractivity contribution in [1.82, 2.24) is 9.80 Å². The predicted molar refractivity (Wildman–Crippen MR) is 131 cm³/mol. The Labute approximate surface area is 202 Å². The fourth-order valence-corrected chi connectivity index (χ4v) is 5.65. The molecule has 0 bridgehead atoms. The lowest BCUT2D eigenvalue weighted by Gasteiger charge is -2.37. The number of carbonyl (C=O) groups is 2. The largest absolute Gasteiger partial charge is 0.491 e. The highest BCUT2D eigenvalue weighted by Crippen LogP contribution is 2.34. The van der Waals surface area contributed by atoms with E-state index < -0.39 is 0 Å². The smallest absolute Gasteiger partial charge is 0.264 e. The van der Waals surface area contributed by atoms with Gasteiger partial charge in [-0.1, -0.05) is 24.3 Å². The molecular formula is C25H28N2O4S2. The molecule has 0 radical (unpaired) electrons. The second-order valence-corrected chi connectivity index (χ2v) is 9.77. The van der Waals surface area contributed by atoms with Gasteiger partial charge in [0.2, 0.25) is 5.91 Å². The SMILES string of the molecule is COCCCN(CC(=O)N1CCc2sccc2[C@@H]1COc1ccccc1)C(=O)c1cccs1. The molecule has 4 rings (SSSR count). The van der Waals surface area contributed by atoms with Gasteiger partial charge in [-0.15, -0.1) is 22.7 Å². The Morgan fingerprint density at radius 3 is 2.70 bits per heavy atom. The van der Waals surface area contributed by atoms with Crippen molar-refractivity contribution in [3.8, 4) is 5.75 Å². The minimum Gasteiger partial charge on any atom is -0.491 e. The van der Waals surface area contributed by atoms with E-state index in [4.69, 9.17) is 9.47 Å². The number of thiophene rings is 2. The van der Waals surface area contributed by atoms with Crippen molar-refractivity contribution in [2.75, 3.05) is 40.0 Å². The normalized spacial score (nSPS) is 15.2. The average Bonchev–Trinajstić information content (AvgIpc) is 3.54. The van der Waals surface area contributed by atoms with Crippen molar-refractivity contribution in [3.05, 3.63) is 74.6 Å². The molecule has 0 unspecified atom stereocenters. The number of benzene rings is 1. The van der Waals surface area contributed by atoms with Gasteiger partial charge in [-0.25, -0.2) is 0 Å². The second-order valence-electron chi connectivity index (χ2n) is 7.83. The lowest BCUT2D eigenvalue weighted by molar-refractivity contribution is -0.135. The van der Waals surface area contributed by atoms with Gasteiger partial charge in [0.05, 0.1) is 10.9 Å².